The van der Waals surface area contributed by atoms with Gasteiger partial charge in [0.1, 0.15) is 5.69 Å². The summed E-state index contributed by atoms with van der Waals surface area (Å²) in [5.41, 5.74) is -0.760. The predicted octanol–water partition coefficient (Wildman–Crippen LogP) is 3.96. The number of rotatable bonds is 4. The number of nitrogens with one attached hydrogen (secondary N) is 1. The summed E-state index contributed by atoms with van der Waals surface area (Å²) < 4.78 is 52.3. The van der Waals surface area contributed by atoms with Gasteiger partial charge in [0.2, 0.25) is 0 Å². The quantitative estimate of drug-likeness (QED) is 0.658. The van der Waals surface area contributed by atoms with E-state index in [0.29, 0.717) is 6.42 Å². The molecule has 18 heavy (non-hydrogen) atoms. The summed E-state index contributed by atoms with van der Waals surface area (Å²) in [5, 5.41) is 4.25. The van der Waals surface area contributed by atoms with Crippen LogP contribution in [0.5, 0.6) is 0 Å². The average molecular weight is 275 g/mol. The zero-order chi connectivity index (χ0) is 13.1. The molecule has 0 aliphatic rings. The van der Waals surface area contributed by atoms with Gasteiger partial charge in [-0.2, -0.15) is 0 Å². The minimum Gasteiger partial charge on any atom is -0.380 e. The number of hydrogen-bond donors (Lipinski definition) is 1. The highest BCUT2D eigenvalue weighted by molar-refractivity contribution is 7.09. The van der Waals surface area contributed by atoms with Crippen molar-refractivity contribution in [3.63, 3.8) is 0 Å². The first-order valence-electron chi connectivity index (χ1n) is 5.19. The topological polar surface area (TPSA) is 12.0 Å². The summed E-state index contributed by atoms with van der Waals surface area (Å²) in [5.74, 6) is -5.62. The van der Waals surface area contributed by atoms with Crippen LogP contribution in [-0.4, -0.2) is 6.54 Å². The molecule has 0 saturated heterocycles. The third-order valence-electron chi connectivity index (χ3n) is 2.37. The summed E-state index contributed by atoms with van der Waals surface area (Å²) >= 11 is 1.50. The molecule has 0 fully saturated rings. The minimum atomic E-state index is -1.41. The maximum Gasteiger partial charge on any atom is 0.185 e. The fraction of sp³-hybridized carbons (Fsp3) is 0.167. The van der Waals surface area contributed by atoms with Gasteiger partial charge in [-0.25, -0.2) is 17.6 Å². The highest BCUT2D eigenvalue weighted by atomic mass is 32.1. The second-order valence-electron chi connectivity index (χ2n) is 3.60. The van der Waals surface area contributed by atoms with Crippen LogP contribution < -0.4 is 5.32 Å². The second kappa shape index (κ2) is 5.39. The Morgan fingerprint density at radius 1 is 1.06 bits per heavy atom. The van der Waals surface area contributed by atoms with Crippen molar-refractivity contribution in [3.8, 4) is 0 Å². The number of benzene rings is 1. The first-order chi connectivity index (χ1) is 8.59. The highest BCUT2D eigenvalue weighted by Gasteiger charge is 2.18. The van der Waals surface area contributed by atoms with E-state index in [9.17, 15) is 17.6 Å². The fourth-order valence-electron chi connectivity index (χ4n) is 1.49. The van der Waals surface area contributed by atoms with Crippen molar-refractivity contribution in [2.75, 3.05) is 11.9 Å². The Morgan fingerprint density at radius 3 is 2.28 bits per heavy atom. The van der Waals surface area contributed by atoms with E-state index in [1.165, 1.54) is 11.3 Å². The minimum absolute atomic E-state index is 0.190. The van der Waals surface area contributed by atoms with Gasteiger partial charge < -0.3 is 5.32 Å². The molecule has 1 aromatic carbocycles. The summed E-state index contributed by atoms with van der Waals surface area (Å²) in [4.78, 5) is 1.01. The van der Waals surface area contributed by atoms with Crippen molar-refractivity contribution in [2.24, 2.45) is 0 Å². The van der Waals surface area contributed by atoms with Crippen LogP contribution in [0, 0.1) is 23.3 Å². The lowest BCUT2D eigenvalue weighted by molar-refractivity contribution is 0.458. The molecular weight excluding hydrogens is 266 g/mol. The van der Waals surface area contributed by atoms with Gasteiger partial charge in [0, 0.05) is 17.5 Å². The molecule has 0 bridgehead atoms. The van der Waals surface area contributed by atoms with E-state index in [0.717, 1.165) is 4.88 Å². The fourth-order valence-corrected chi connectivity index (χ4v) is 2.20. The third kappa shape index (κ3) is 2.64. The van der Waals surface area contributed by atoms with Gasteiger partial charge in [0.05, 0.1) is 0 Å². The number of hydrogen-bond acceptors (Lipinski definition) is 2. The molecule has 96 valence electrons. The van der Waals surface area contributed by atoms with Gasteiger partial charge >= 0.3 is 0 Å². The lowest BCUT2D eigenvalue weighted by atomic mass is 10.2. The van der Waals surface area contributed by atoms with Gasteiger partial charge in [-0.15, -0.1) is 11.3 Å². The molecule has 0 radical (unpaired) electrons. The molecule has 0 saturated carbocycles. The Morgan fingerprint density at radius 2 is 1.72 bits per heavy atom. The van der Waals surface area contributed by atoms with E-state index in [4.69, 9.17) is 0 Å². The Balaban J connectivity index is 2.09. The average Bonchev–Trinajstić information content (AvgIpc) is 2.84. The smallest absolute Gasteiger partial charge is 0.185 e. The molecule has 2 aromatic rings. The molecule has 0 unspecified atom stereocenters. The monoisotopic (exact) mass is 275 g/mol. The Kier molecular flexibility index (Phi) is 3.86. The number of anilines is 1. The first kappa shape index (κ1) is 12.9. The lowest BCUT2D eigenvalue weighted by Gasteiger charge is -2.09. The normalized spacial score (nSPS) is 10.7. The lowest BCUT2D eigenvalue weighted by Crippen LogP contribution is -2.10. The van der Waals surface area contributed by atoms with Crippen molar-refractivity contribution in [2.45, 2.75) is 6.42 Å². The highest BCUT2D eigenvalue weighted by Crippen LogP contribution is 2.24. The molecule has 1 heterocycles. The molecule has 1 nitrogen and oxygen atoms in total. The van der Waals surface area contributed by atoms with Crippen molar-refractivity contribution >= 4 is 17.0 Å². The third-order valence-corrected chi connectivity index (χ3v) is 3.30. The Bertz CT molecular complexity index is 513. The molecule has 0 spiro atoms. The summed E-state index contributed by atoms with van der Waals surface area (Å²) in [7, 11) is 0. The number of halogens is 4. The summed E-state index contributed by atoms with van der Waals surface area (Å²) in [6, 6.07) is 3.91. The van der Waals surface area contributed by atoms with E-state index in [1.54, 1.807) is 0 Å². The Hall–Kier alpha value is -1.56. The van der Waals surface area contributed by atoms with Crippen LogP contribution in [0.1, 0.15) is 4.88 Å². The molecule has 0 amide bonds. The SMILES string of the molecule is Fc1cc(F)c(F)c(NCCc2cccs2)c1F. The van der Waals surface area contributed by atoms with E-state index in [1.807, 2.05) is 17.5 Å². The summed E-state index contributed by atoms with van der Waals surface area (Å²) in [6.07, 6.45) is 0.522. The molecule has 6 heteroatoms. The molecular formula is C12H9F4NS. The van der Waals surface area contributed by atoms with Crippen molar-refractivity contribution in [1.82, 2.24) is 0 Å². The van der Waals surface area contributed by atoms with Crippen molar-refractivity contribution < 1.29 is 17.6 Å². The molecule has 0 atom stereocenters. The molecule has 1 N–H and O–H groups in total. The van der Waals surface area contributed by atoms with Crippen LogP contribution >= 0.6 is 11.3 Å². The first-order valence-corrected chi connectivity index (χ1v) is 6.07. The van der Waals surface area contributed by atoms with E-state index >= 15 is 0 Å². The number of thiophene rings is 1. The van der Waals surface area contributed by atoms with Gasteiger partial charge in [0.15, 0.2) is 23.3 Å². The molecule has 2 rings (SSSR count). The van der Waals surface area contributed by atoms with Crippen LogP contribution in [0.4, 0.5) is 23.2 Å². The van der Waals surface area contributed by atoms with Crippen molar-refractivity contribution in [1.29, 1.82) is 0 Å². The Labute approximate surface area is 105 Å². The van der Waals surface area contributed by atoms with Crippen LogP contribution in [-0.2, 0) is 6.42 Å². The maximum absolute atomic E-state index is 13.3. The zero-order valence-electron chi connectivity index (χ0n) is 9.14. The zero-order valence-corrected chi connectivity index (χ0v) is 9.96. The van der Waals surface area contributed by atoms with Crippen LogP contribution in [0.15, 0.2) is 23.6 Å². The van der Waals surface area contributed by atoms with Crippen LogP contribution in [0.3, 0.4) is 0 Å². The van der Waals surface area contributed by atoms with Gasteiger partial charge in [-0.3, -0.25) is 0 Å². The van der Waals surface area contributed by atoms with Gasteiger partial charge in [-0.05, 0) is 17.9 Å². The van der Waals surface area contributed by atoms with Crippen LogP contribution in [0.25, 0.3) is 0 Å². The van der Waals surface area contributed by atoms with Gasteiger partial charge in [0.25, 0.3) is 0 Å². The molecule has 0 aliphatic heterocycles. The summed E-state index contributed by atoms with van der Waals surface area (Å²) in [6.45, 7) is 0.192. The molecule has 0 aliphatic carbocycles. The van der Waals surface area contributed by atoms with Gasteiger partial charge in [-0.1, -0.05) is 6.07 Å². The van der Waals surface area contributed by atoms with Crippen LogP contribution in [0.2, 0.25) is 0 Å². The van der Waals surface area contributed by atoms with E-state index in [-0.39, 0.29) is 12.6 Å². The van der Waals surface area contributed by atoms with Crippen molar-refractivity contribution in [3.05, 3.63) is 51.7 Å². The largest absolute Gasteiger partial charge is 0.380 e. The van der Waals surface area contributed by atoms with E-state index < -0.39 is 29.0 Å². The van der Waals surface area contributed by atoms with E-state index in [2.05, 4.69) is 5.32 Å². The predicted molar refractivity (Wildman–Crippen MR) is 62.8 cm³/mol. The molecule has 1 aromatic heterocycles. The second-order valence-corrected chi connectivity index (χ2v) is 4.63. The standard InChI is InChI=1S/C12H9F4NS/c13-8-6-9(14)11(16)12(10(8)15)17-4-3-7-2-1-5-18-7/h1-2,5-6,17H,3-4H2. The maximum atomic E-state index is 13.3.